The van der Waals surface area contributed by atoms with E-state index in [1.807, 2.05) is 0 Å². The van der Waals surface area contributed by atoms with Crippen molar-refractivity contribution >= 4 is 17.8 Å². The Bertz CT molecular complexity index is 263. The van der Waals surface area contributed by atoms with Gasteiger partial charge < -0.3 is 15.7 Å². The van der Waals surface area contributed by atoms with Gasteiger partial charge in [0.25, 0.3) is 0 Å². The first-order valence-electron chi connectivity index (χ1n) is 3.83. The summed E-state index contributed by atoms with van der Waals surface area (Å²) in [6.45, 7) is -0.310. The van der Waals surface area contributed by atoms with Crippen molar-refractivity contribution in [2.75, 3.05) is 6.54 Å². The molecule has 1 aliphatic heterocycles. The van der Waals surface area contributed by atoms with Gasteiger partial charge in [-0.3, -0.25) is 9.59 Å². The molecule has 2 amide bonds. The molecule has 0 radical (unpaired) electrons. The third-order valence-electron chi connectivity index (χ3n) is 1.94. The molecule has 6 nitrogen and oxygen atoms in total. The molecule has 1 fully saturated rings. The lowest BCUT2D eigenvalue weighted by molar-refractivity contribution is -0.147. The van der Waals surface area contributed by atoms with Crippen LogP contribution in [0.25, 0.3) is 0 Å². The van der Waals surface area contributed by atoms with E-state index in [0.717, 1.165) is 4.90 Å². The van der Waals surface area contributed by atoms with Crippen molar-refractivity contribution in [2.24, 2.45) is 5.73 Å². The summed E-state index contributed by atoms with van der Waals surface area (Å²) in [6.07, 6.45) is 0.422. The van der Waals surface area contributed by atoms with E-state index in [9.17, 15) is 14.4 Å². The molecule has 1 saturated heterocycles. The molecule has 0 aromatic heterocycles. The first-order valence-corrected chi connectivity index (χ1v) is 3.83. The monoisotopic (exact) mass is 186 g/mol. The smallest absolute Gasteiger partial charge is 0.326 e. The van der Waals surface area contributed by atoms with E-state index in [2.05, 4.69) is 0 Å². The molecule has 1 aliphatic rings. The Balaban J connectivity index is 2.71. The number of aliphatic carboxylic acids is 1. The Morgan fingerprint density at radius 3 is 2.69 bits per heavy atom. The second-order valence-electron chi connectivity index (χ2n) is 2.88. The zero-order chi connectivity index (χ0) is 10.0. The highest BCUT2D eigenvalue weighted by Gasteiger charge is 2.36. The molecule has 0 spiro atoms. The Hall–Kier alpha value is -1.59. The van der Waals surface area contributed by atoms with Crippen molar-refractivity contribution in [3.8, 4) is 0 Å². The number of primary amides is 1. The van der Waals surface area contributed by atoms with E-state index in [1.54, 1.807) is 0 Å². The van der Waals surface area contributed by atoms with Crippen LogP contribution < -0.4 is 5.73 Å². The normalized spacial score (nSPS) is 22.0. The average molecular weight is 186 g/mol. The molecule has 0 aromatic rings. The second-order valence-corrected chi connectivity index (χ2v) is 2.88. The van der Waals surface area contributed by atoms with E-state index in [-0.39, 0.29) is 25.3 Å². The maximum absolute atomic E-state index is 11.1. The Labute approximate surface area is 74.3 Å². The average Bonchev–Trinajstić information content (AvgIpc) is 2.32. The largest absolute Gasteiger partial charge is 0.480 e. The van der Waals surface area contributed by atoms with Gasteiger partial charge in [-0.05, 0) is 6.42 Å². The highest BCUT2D eigenvalue weighted by Crippen LogP contribution is 2.17. The SMILES string of the molecule is NC(=O)CN1C(=O)CC[C@H]1C(=O)O. The summed E-state index contributed by atoms with van der Waals surface area (Å²) in [7, 11) is 0. The minimum absolute atomic E-state index is 0.171. The van der Waals surface area contributed by atoms with Crippen LogP contribution in [0.1, 0.15) is 12.8 Å². The van der Waals surface area contributed by atoms with Gasteiger partial charge in [0, 0.05) is 6.42 Å². The van der Waals surface area contributed by atoms with Crippen molar-refractivity contribution in [3.63, 3.8) is 0 Å². The van der Waals surface area contributed by atoms with E-state index >= 15 is 0 Å². The number of likely N-dealkylation sites (tertiary alicyclic amines) is 1. The minimum atomic E-state index is -1.09. The molecule has 0 unspecified atom stereocenters. The molecular weight excluding hydrogens is 176 g/mol. The number of hydrogen-bond acceptors (Lipinski definition) is 3. The van der Waals surface area contributed by atoms with Crippen molar-refractivity contribution in [2.45, 2.75) is 18.9 Å². The van der Waals surface area contributed by atoms with Crippen LogP contribution in [-0.2, 0) is 14.4 Å². The van der Waals surface area contributed by atoms with E-state index in [4.69, 9.17) is 10.8 Å². The predicted molar refractivity (Wildman–Crippen MR) is 41.6 cm³/mol. The first-order chi connectivity index (χ1) is 6.02. The summed E-state index contributed by atoms with van der Waals surface area (Å²) in [5.41, 5.74) is 4.87. The van der Waals surface area contributed by atoms with Crippen molar-refractivity contribution in [1.82, 2.24) is 4.90 Å². The Morgan fingerprint density at radius 2 is 2.23 bits per heavy atom. The van der Waals surface area contributed by atoms with Crippen LogP contribution in [0.2, 0.25) is 0 Å². The van der Waals surface area contributed by atoms with Crippen LogP contribution in [0.5, 0.6) is 0 Å². The number of carboxylic acids is 1. The fourth-order valence-corrected chi connectivity index (χ4v) is 1.36. The second kappa shape index (κ2) is 3.42. The number of amides is 2. The lowest BCUT2D eigenvalue weighted by Gasteiger charge is -2.19. The molecule has 0 aromatic carbocycles. The number of rotatable bonds is 3. The summed E-state index contributed by atoms with van der Waals surface area (Å²) >= 11 is 0. The van der Waals surface area contributed by atoms with Gasteiger partial charge >= 0.3 is 5.97 Å². The van der Waals surface area contributed by atoms with Gasteiger partial charge in [0.15, 0.2) is 0 Å². The highest BCUT2D eigenvalue weighted by molar-refractivity contribution is 5.90. The standard InChI is InChI=1S/C7H10N2O4/c8-5(10)3-9-4(7(12)13)1-2-6(9)11/h4H,1-3H2,(H2,8,10)(H,12,13)/t4-/m0/s1. The molecule has 1 atom stereocenters. The molecule has 1 rings (SSSR count). The van der Waals surface area contributed by atoms with Crippen molar-refractivity contribution in [3.05, 3.63) is 0 Å². The number of carboxylic acid groups (broad SMARTS) is 1. The van der Waals surface area contributed by atoms with Gasteiger partial charge in [0.2, 0.25) is 11.8 Å². The topological polar surface area (TPSA) is 101 Å². The zero-order valence-corrected chi connectivity index (χ0v) is 6.90. The number of nitrogens with zero attached hydrogens (tertiary/aromatic N) is 1. The lowest BCUT2D eigenvalue weighted by atomic mass is 10.2. The van der Waals surface area contributed by atoms with Crippen LogP contribution in [0.4, 0.5) is 0 Å². The summed E-state index contributed by atoms with van der Waals surface area (Å²) in [5.74, 6) is -2.11. The Kier molecular flexibility index (Phi) is 2.50. The third kappa shape index (κ3) is 1.95. The van der Waals surface area contributed by atoms with Gasteiger partial charge in [-0.1, -0.05) is 0 Å². The molecule has 0 aliphatic carbocycles. The van der Waals surface area contributed by atoms with Crippen LogP contribution in [0, 0.1) is 0 Å². The van der Waals surface area contributed by atoms with Crippen LogP contribution >= 0.6 is 0 Å². The molecule has 13 heavy (non-hydrogen) atoms. The summed E-state index contributed by atoms with van der Waals surface area (Å²) in [5, 5.41) is 8.67. The van der Waals surface area contributed by atoms with Crippen LogP contribution in [-0.4, -0.2) is 40.4 Å². The van der Waals surface area contributed by atoms with E-state index in [1.165, 1.54) is 0 Å². The molecule has 0 bridgehead atoms. The molecule has 72 valence electrons. The maximum Gasteiger partial charge on any atom is 0.326 e. The third-order valence-corrected chi connectivity index (χ3v) is 1.94. The van der Waals surface area contributed by atoms with Gasteiger partial charge in [-0.2, -0.15) is 0 Å². The summed E-state index contributed by atoms with van der Waals surface area (Å²) in [4.78, 5) is 33.2. The molecule has 0 saturated carbocycles. The van der Waals surface area contributed by atoms with Gasteiger partial charge in [0.05, 0.1) is 0 Å². The van der Waals surface area contributed by atoms with Crippen molar-refractivity contribution < 1.29 is 19.5 Å². The number of carbonyl (C=O) groups excluding carboxylic acids is 2. The number of carbonyl (C=O) groups is 3. The van der Waals surface area contributed by atoms with Crippen LogP contribution in [0.3, 0.4) is 0 Å². The lowest BCUT2D eigenvalue weighted by Crippen LogP contribution is -2.43. The number of nitrogens with two attached hydrogens (primary N) is 1. The zero-order valence-electron chi connectivity index (χ0n) is 6.90. The Morgan fingerprint density at radius 1 is 1.62 bits per heavy atom. The summed E-state index contributed by atoms with van der Waals surface area (Å²) in [6, 6.07) is -0.889. The van der Waals surface area contributed by atoms with Gasteiger partial charge in [-0.25, -0.2) is 4.79 Å². The molecule has 3 N–H and O–H groups in total. The maximum atomic E-state index is 11.1. The highest BCUT2D eigenvalue weighted by atomic mass is 16.4. The minimum Gasteiger partial charge on any atom is -0.480 e. The predicted octanol–water partition coefficient (Wildman–Crippen LogP) is -1.45. The van der Waals surface area contributed by atoms with Gasteiger partial charge in [0.1, 0.15) is 12.6 Å². The fraction of sp³-hybridized carbons (Fsp3) is 0.571. The molecular formula is C7H10N2O4. The number of hydrogen-bond donors (Lipinski definition) is 2. The van der Waals surface area contributed by atoms with Gasteiger partial charge in [-0.15, -0.1) is 0 Å². The van der Waals surface area contributed by atoms with E-state index in [0.29, 0.717) is 0 Å². The summed E-state index contributed by atoms with van der Waals surface area (Å²) < 4.78 is 0. The molecule has 1 heterocycles. The van der Waals surface area contributed by atoms with Crippen molar-refractivity contribution in [1.29, 1.82) is 0 Å². The van der Waals surface area contributed by atoms with Crippen LogP contribution in [0.15, 0.2) is 0 Å². The fourth-order valence-electron chi connectivity index (χ4n) is 1.36. The van der Waals surface area contributed by atoms with E-state index < -0.39 is 17.9 Å². The molecule has 6 heteroatoms. The quantitative estimate of drug-likeness (QED) is 0.562. The first kappa shape index (κ1) is 9.50.